The summed E-state index contributed by atoms with van der Waals surface area (Å²) in [5.41, 5.74) is 2.36. The number of pyridine rings is 1. The Kier molecular flexibility index (Phi) is 6.53. The van der Waals surface area contributed by atoms with Crippen molar-refractivity contribution in [3.63, 3.8) is 0 Å². The molecule has 164 valence electrons. The van der Waals surface area contributed by atoms with Crippen LogP contribution in [0.4, 0.5) is 0 Å². The molecule has 3 atom stereocenters. The van der Waals surface area contributed by atoms with E-state index in [1.807, 2.05) is 24.3 Å². The lowest BCUT2D eigenvalue weighted by atomic mass is 9.75. The van der Waals surface area contributed by atoms with E-state index in [0.717, 1.165) is 43.6 Å². The standard InChI is InChI=1S/C27H29N2O2P/c30-27(20-29-16-12-23(27)13-17-29)14-11-22-9-10-26(31-19-24-8-4-5-15-28-24)32-25(22)18-21-6-2-1-3-7-21/h1-10,15,23,26,30,32H,12-13,16-20H2. The van der Waals surface area contributed by atoms with Gasteiger partial charge in [-0.1, -0.05) is 62.9 Å². The van der Waals surface area contributed by atoms with Crippen molar-refractivity contribution in [2.24, 2.45) is 5.92 Å². The zero-order valence-corrected chi connectivity index (χ0v) is 19.2. The van der Waals surface area contributed by atoms with Crippen LogP contribution in [-0.4, -0.2) is 46.1 Å². The predicted molar refractivity (Wildman–Crippen MR) is 129 cm³/mol. The Labute approximate surface area is 192 Å². The van der Waals surface area contributed by atoms with Gasteiger partial charge in [0.25, 0.3) is 0 Å². The molecule has 0 amide bonds. The first kappa shape index (κ1) is 21.6. The third-order valence-electron chi connectivity index (χ3n) is 6.58. The van der Waals surface area contributed by atoms with E-state index < -0.39 is 5.60 Å². The smallest absolute Gasteiger partial charge is 0.141 e. The lowest BCUT2D eigenvalue weighted by Gasteiger charge is -2.47. The van der Waals surface area contributed by atoms with Gasteiger partial charge in [-0.3, -0.25) is 9.88 Å². The maximum atomic E-state index is 11.2. The molecule has 1 N–H and O–H groups in total. The van der Waals surface area contributed by atoms with Crippen LogP contribution in [0.2, 0.25) is 0 Å². The van der Waals surface area contributed by atoms with Crippen molar-refractivity contribution in [2.75, 3.05) is 19.6 Å². The second kappa shape index (κ2) is 9.69. The molecule has 0 radical (unpaired) electrons. The van der Waals surface area contributed by atoms with Gasteiger partial charge >= 0.3 is 0 Å². The van der Waals surface area contributed by atoms with E-state index in [1.165, 1.54) is 10.9 Å². The summed E-state index contributed by atoms with van der Waals surface area (Å²) in [6.07, 6.45) is 8.94. The number of allylic oxidation sites excluding steroid dienone is 3. The van der Waals surface area contributed by atoms with Crippen molar-refractivity contribution < 1.29 is 9.84 Å². The molecule has 0 saturated carbocycles. The minimum atomic E-state index is -0.884. The molecule has 2 bridgehead atoms. The number of ether oxygens (including phenoxy) is 1. The molecule has 4 aliphatic heterocycles. The topological polar surface area (TPSA) is 45.6 Å². The largest absolute Gasteiger partial charge is 0.376 e. The van der Waals surface area contributed by atoms with Crippen molar-refractivity contribution in [3.8, 4) is 11.8 Å². The fourth-order valence-electron chi connectivity index (χ4n) is 4.76. The maximum absolute atomic E-state index is 11.2. The molecule has 5 heteroatoms. The summed E-state index contributed by atoms with van der Waals surface area (Å²) < 4.78 is 6.16. The molecular weight excluding hydrogens is 415 g/mol. The molecule has 1 aromatic heterocycles. The summed E-state index contributed by atoms with van der Waals surface area (Å²) in [5.74, 6) is 7.01. The van der Waals surface area contributed by atoms with Gasteiger partial charge in [-0.05, 0) is 61.4 Å². The van der Waals surface area contributed by atoms with Gasteiger partial charge in [0.2, 0.25) is 0 Å². The summed E-state index contributed by atoms with van der Waals surface area (Å²) in [6, 6.07) is 16.4. The van der Waals surface area contributed by atoms with Crippen LogP contribution in [0.1, 0.15) is 24.1 Å². The Bertz CT molecular complexity index is 1050. The number of hydrogen-bond acceptors (Lipinski definition) is 4. The quantitative estimate of drug-likeness (QED) is 0.557. The van der Waals surface area contributed by atoms with E-state index in [4.69, 9.17) is 4.74 Å². The highest BCUT2D eigenvalue weighted by Crippen LogP contribution is 2.40. The van der Waals surface area contributed by atoms with Crippen LogP contribution >= 0.6 is 8.58 Å². The fraction of sp³-hybridized carbons (Fsp3) is 0.370. The number of benzene rings is 1. The van der Waals surface area contributed by atoms with Gasteiger partial charge in [0, 0.05) is 24.2 Å². The Morgan fingerprint density at radius 3 is 2.66 bits per heavy atom. The monoisotopic (exact) mass is 444 g/mol. The molecule has 0 aliphatic carbocycles. The van der Waals surface area contributed by atoms with E-state index >= 15 is 0 Å². The van der Waals surface area contributed by atoms with Crippen LogP contribution in [0.15, 0.2) is 77.8 Å². The average molecular weight is 445 g/mol. The summed E-state index contributed by atoms with van der Waals surface area (Å²) in [7, 11) is 0.501. The first-order chi connectivity index (χ1) is 15.7. The number of rotatable bonds is 5. The van der Waals surface area contributed by atoms with E-state index in [2.05, 4.69) is 58.1 Å². The molecular formula is C27H29N2O2P. The lowest BCUT2D eigenvalue weighted by Crippen LogP contribution is -2.58. The van der Waals surface area contributed by atoms with Gasteiger partial charge in [0.05, 0.1) is 18.1 Å². The Morgan fingerprint density at radius 1 is 1.12 bits per heavy atom. The number of aliphatic hydroxyl groups is 1. The zero-order chi connectivity index (χ0) is 21.8. The van der Waals surface area contributed by atoms with E-state index in [-0.39, 0.29) is 5.85 Å². The Hall–Kier alpha value is -2.28. The number of nitrogens with zero attached hydrogens (tertiary/aromatic N) is 2. The number of piperidine rings is 3. The predicted octanol–water partition coefficient (Wildman–Crippen LogP) is 4.13. The molecule has 4 nitrogen and oxygen atoms in total. The first-order valence-corrected chi connectivity index (χ1v) is 12.5. The molecule has 6 rings (SSSR count). The van der Waals surface area contributed by atoms with Gasteiger partial charge in [-0.2, -0.15) is 0 Å². The van der Waals surface area contributed by atoms with E-state index in [1.54, 1.807) is 6.20 Å². The van der Waals surface area contributed by atoms with Gasteiger partial charge < -0.3 is 9.84 Å². The van der Waals surface area contributed by atoms with E-state index in [9.17, 15) is 5.11 Å². The summed E-state index contributed by atoms with van der Waals surface area (Å²) in [5, 5.41) is 12.5. The Morgan fingerprint density at radius 2 is 1.94 bits per heavy atom. The van der Waals surface area contributed by atoms with Crippen molar-refractivity contribution in [1.82, 2.24) is 9.88 Å². The second-order valence-corrected chi connectivity index (χ2v) is 10.3. The highest BCUT2D eigenvalue weighted by molar-refractivity contribution is 7.44. The zero-order valence-electron chi connectivity index (χ0n) is 18.2. The molecule has 32 heavy (non-hydrogen) atoms. The fourth-order valence-corrected chi connectivity index (χ4v) is 6.07. The molecule has 3 unspecified atom stereocenters. The molecule has 3 saturated heterocycles. The van der Waals surface area contributed by atoms with Crippen molar-refractivity contribution in [1.29, 1.82) is 0 Å². The summed E-state index contributed by atoms with van der Waals surface area (Å²) >= 11 is 0. The van der Waals surface area contributed by atoms with Gasteiger partial charge in [0.15, 0.2) is 0 Å². The van der Waals surface area contributed by atoms with Gasteiger partial charge in [-0.25, -0.2) is 0 Å². The third-order valence-corrected chi connectivity index (χ3v) is 8.02. The van der Waals surface area contributed by atoms with E-state index in [0.29, 0.717) is 27.7 Å². The normalized spacial score (nSPS) is 29.7. The molecule has 0 spiro atoms. The van der Waals surface area contributed by atoms with Crippen molar-refractivity contribution in [3.05, 3.63) is 89.0 Å². The SMILES string of the molecule is OC1(C#CC2=C(Cc3ccccc3)PC(OCc3ccccn3)C=C2)CN2CCC1CC2. The van der Waals surface area contributed by atoms with Crippen molar-refractivity contribution >= 4 is 8.58 Å². The minimum Gasteiger partial charge on any atom is -0.376 e. The highest BCUT2D eigenvalue weighted by atomic mass is 31.1. The first-order valence-electron chi connectivity index (χ1n) is 11.4. The van der Waals surface area contributed by atoms with Crippen LogP contribution in [-0.2, 0) is 17.8 Å². The van der Waals surface area contributed by atoms with Gasteiger partial charge in [-0.15, -0.1) is 0 Å². The second-order valence-electron chi connectivity index (χ2n) is 8.84. The van der Waals surface area contributed by atoms with Crippen molar-refractivity contribution in [2.45, 2.75) is 37.3 Å². The summed E-state index contributed by atoms with van der Waals surface area (Å²) in [4.78, 5) is 6.70. The highest BCUT2D eigenvalue weighted by Gasteiger charge is 2.44. The molecule has 5 heterocycles. The lowest BCUT2D eigenvalue weighted by molar-refractivity contribution is -0.0713. The van der Waals surface area contributed by atoms with Crippen LogP contribution in [0.25, 0.3) is 0 Å². The van der Waals surface area contributed by atoms with Crippen LogP contribution < -0.4 is 0 Å². The number of hydrogen-bond donors (Lipinski definition) is 1. The summed E-state index contributed by atoms with van der Waals surface area (Å²) in [6.45, 7) is 3.36. The average Bonchev–Trinajstić information content (AvgIpc) is 2.84. The third kappa shape index (κ3) is 5.03. The van der Waals surface area contributed by atoms with Gasteiger partial charge in [0.1, 0.15) is 5.60 Å². The minimum absolute atomic E-state index is 0.0289. The van der Waals surface area contributed by atoms with Crippen LogP contribution in [0.3, 0.4) is 0 Å². The molecule has 1 aromatic carbocycles. The Balaban J connectivity index is 1.35. The molecule has 4 aliphatic rings. The number of aromatic nitrogens is 1. The molecule has 2 aromatic rings. The van der Waals surface area contributed by atoms with Crippen LogP contribution in [0, 0.1) is 17.8 Å². The molecule has 3 fully saturated rings. The maximum Gasteiger partial charge on any atom is 0.141 e. The van der Waals surface area contributed by atoms with Crippen LogP contribution in [0.5, 0.6) is 0 Å². The number of fused-ring (bicyclic) bond motifs is 3.